The number of hydrogen-bond donors (Lipinski definition) is 3. The number of aromatic nitrogens is 2. The monoisotopic (exact) mass is 518 g/mol. The first-order valence-corrected chi connectivity index (χ1v) is 11.4. The molecule has 2 aromatic heterocycles. The first-order valence-electron chi connectivity index (χ1n) is 11.4. The maximum Gasteiger partial charge on any atom is 0.420 e. The van der Waals surface area contributed by atoms with Gasteiger partial charge in [0.05, 0.1) is 43.0 Å². The maximum absolute atomic E-state index is 13.7. The number of halogens is 3. The number of amides is 2. The van der Waals surface area contributed by atoms with Crippen LogP contribution < -0.4 is 25.7 Å². The van der Waals surface area contributed by atoms with Gasteiger partial charge in [-0.25, -0.2) is 4.79 Å². The minimum absolute atomic E-state index is 0.0638. The van der Waals surface area contributed by atoms with E-state index in [1.165, 1.54) is 24.5 Å². The summed E-state index contributed by atoms with van der Waals surface area (Å²) in [7, 11) is 0. The number of nitrogens with zero attached hydrogens (tertiary/aromatic N) is 1. The fourth-order valence-corrected chi connectivity index (χ4v) is 3.64. The Labute approximate surface area is 210 Å². The molecule has 1 aromatic carbocycles. The van der Waals surface area contributed by atoms with Gasteiger partial charge >= 0.3 is 12.2 Å². The van der Waals surface area contributed by atoms with Crippen LogP contribution >= 0.6 is 0 Å². The van der Waals surface area contributed by atoms with Gasteiger partial charge in [0.1, 0.15) is 5.75 Å². The Kier molecular flexibility index (Phi) is 7.12. The van der Waals surface area contributed by atoms with Crippen molar-refractivity contribution in [3.63, 3.8) is 0 Å². The molecule has 1 fully saturated rings. The number of carbonyl (C=O) groups excluding carboxylic acids is 1. The zero-order chi connectivity index (χ0) is 26.8. The van der Waals surface area contributed by atoms with Crippen LogP contribution in [-0.2, 0) is 10.9 Å². The van der Waals surface area contributed by atoms with Crippen molar-refractivity contribution in [2.45, 2.75) is 32.5 Å². The SMILES string of the molecule is CCOc1cc(-c2cc(C)c(NC(=O)Nc3ccc(OC4(C)COC4)c(C(F)(F)F)c3)cn2)c[nH]c1=O. The van der Waals surface area contributed by atoms with Gasteiger partial charge in [-0.3, -0.25) is 9.78 Å². The molecule has 0 atom stereocenters. The maximum atomic E-state index is 13.7. The fourth-order valence-electron chi connectivity index (χ4n) is 3.64. The number of anilines is 2. The number of urea groups is 1. The fraction of sp³-hybridized carbons (Fsp3) is 0.320. The molecule has 0 bridgehead atoms. The minimum atomic E-state index is -4.69. The highest BCUT2D eigenvalue weighted by Gasteiger charge is 2.40. The number of hydrogen-bond acceptors (Lipinski definition) is 6. The van der Waals surface area contributed by atoms with E-state index in [1.807, 2.05) is 0 Å². The lowest BCUT2D eigenvalue weighted by atomic mass is 10.0. The standard InChI is InChI=1S/C25H25F3N4O5/c1-4-36-21-8-15(10-30-22(21)33)18-7-14(2)19(11-29-18)32-23(34)31-16-5-6-20(17(9-16)25(26,27)28)37-24(3)12-35-13-24/h5-11H,4,12-13H2,1-3H3,(H,30,33)(H2,31,32,34). The Balaban J connectivity index is 1.48. The summed E-state index contributed by atoms with van der Waals surface area (Å²) < 4.78 is 56.8. The van der Waals surface area contributed by atoms with Crippen LogP contribution in [0.15, 0.2) is 47.5 Å². The molecule has 4 rings (SSSR count). The molecule has 196 valence electrons. The third-order valence-corrected chi connectivity index (χ3v) is 5.54. The van der Waals surface area contributed by atoms with E-state index in [-0.39, 0.29) is 36.0 Å². The first kappa shape index (κ1) is 26.0. The van der Waals surface area contributed by atoms with E-state index in [4.69, 9.17) is 14.2 Å². The summed E-state index contributed by atoms with van der Waals surface area (Å²) in [5.74, 6) is -0.180. The number of nitrogens with one attached hydrogen (secondary N) is 3. The molecule has 0 unspecified atom stereocenters. The van der Waals surface area contributed by atoms with Gasteiger partial charge in [-0.05, 0) is 56.7 Å². The smallest absolute Gasteiger partial charge is 0.420 e. The molecule has 12 heteroatoms. The van der Waals surface area contributed by atoms with Crippen LogP contribution in [0.2, 0.25) is 0 Å². The number of aromatic amines is 1. The van der Waals surface area contributed by atoms with Crippen molar-refractivity contribution in [3.05, 3.63) is 64.2 Å². The second-order valence-electron chi connectivity index (χ2n) is 8.73. The number of aryl methyl sites for hydroxylation is 1. The Bertz CT molecular complexity index is 1370. The molecule has 1 aliphatic rings. The summed E-state index contributed by atoms with van der Waals surface area (Å²) in [5, 5.41) is 4.99. The van der Waals surface area contributed by atoms with Gasteiger partial charge in [0.2, 0.25) is 0 Å². The van der Waals surface area contributed by atoms with E-state index in [9.17, 15) is 22.8 Å². The molecule has 1 saturated heterocycles. The first-order chi connectivity index (χ1) is 17.5. The largest absolute Gasteiger partial charge is 0.488 e. The highest BCUT2D eigenvalue weighted by Crippen LogP contribution is 2.40. The summed E-state index contributed by atoms with van der Waals surface area (Å²) >= 11 is 0. The quantitative estimate of drug-likeness (QED) is 0.407. The van der Waals surface area contributed by atoms with Crippen LogP contribution in [0, 0.1) is 6.92 Å². The molecule has 1 aliphatic heterocycles. The Morgan fingerprint density at radius 3 is 2.57 bits per heavy atom. The van der Waals surface area contributed by atoms with E-state index < -0.39 is 23.4 Å². The van der Waals surface area contributed by atoms with Gasteiger partial charge in [0.25, 0.3) is 5.56 Å². The van der Waals surface area contributed by atoms with Crippen LogP contribution in [-0.4, -0.2) is 41.4 Å². The summed E-state index contributed by atoms with van der Waals surface area (Å²) in [4.78, 5) is 31.3. The van der Waals surface area contributed by atoms with Crippen LogP contribution in [0.25, 0.3) is 11.3 Å². The molecule has 9 nitrogen and oxygen atoms in total. The van der Waals surface area contributed by atoms with Gasteiger partial charge in [-0.15, -0.1) is 0 Å². The molecule has 0 radical (unpaired) electrons. The molecule has 3 heterocycles. The number of ether oxygens (including phenoxy) is 3. The van der Waals surface area contributed by atoms with Crippen molar-refractivity contribution < 1.29 is 32.2 Å². The van der Waals surface area contributed by atoms with E-state index in [0.29, 0.717) is 29.1 Å². The average Bonchev–Trinajstić information content (AvgIpc) is 2.81. The highest BCUT2D eigenvalue weighted by atomic mass is 19.4. The Morgan fingerprint density at radius 2 is 1.95 bits per heavy atom. The summed E-state index contributed by atoms with van der Waals surface area (Å²) in [6.45, 7) is 5.85. The number of benzene rings is 1. The molecule has 2 amide bonds. The Hall–Kier alpha value is -4.06. The molecule has 3 aromatic rings. The molecule has 0 saturated carbocycles. The molecular formula is C25H25F3N4O5. The number of alkyl halides is 3. The van der Waals surface area contributed by atoms with Crippen molar-refractivity contribution in [2.24, 2.45) is 0 Å². The van der Waals surface area contributed by atoms with Crippen molar-refractivity contribution in [1.82, 2.24) is 9.97 Å². The van der Waals surface area contributed by atoms with Crippen molar-refractivity contribution in [2.75, 3.05) is 30.5 Å². The summed E-state index contributed by atoms with van der Waals surface area (Å²) in [6.07, 6.45) is -1.78. The average molecular weight is 518 g/mol. The number of carbonyl (C=O) groups is 1. The van der Waals surface area contributed by atoms with Crippen LogP contribution in [0.5, 0.6) is 11.5 Å². The molecule has 0 spiro atoms. The van der Waals surface area contributed by atoms with Crippen molar-refractivity contribution >= 4 is 17.4 Å². The zero-order valence-corrected chi connectivity index (χ0v) is 20.3. The lowest BCUT2D eigenvalue weighted by Crippen LogP contribution is -2.51. The molecule has 0 aliphatic carbocycles. The van der Waals surface area contributed by atoms with Crippen LogP contribution in [0.4, 0.5) is 29.3 Å². The van der Waals surface area contributed by atoms with E-state index in [2.05, 4.69) is 20.6 Å². The molecular weight excluding hydrogens is 493 g/mol. The van der Waals surface area contributed by atoms with Crippen LogP contribution in [0.1, 0.15) is 25.0 Å². The third-order valence-electron chi connectivity index (χ3n) is 5.54. The lowest BCUT2D eigenvalue weighted by molar-refractivity contribution is -0.160. The van der Waals surface area contributed by atoms with Gasteiger partial charge in [0.15, 0.2) is 11.4 Å². The van der Waals surface area contributed by atoms with E-state index in [0.717, 1.165) is 6.07 Å². The van der Waals surface area contributed by atoms with E-state index >= 15 is 0 Å². The molecule has 3 N–H and O–H groups in total. The normalized spacial score (nSPS) is 14.4. The number of pyridine rings is 2. The number of rotatable bonds is 7. The minimum Gasteiger partial charge on any atom is -0.488 e. The second-order valence-corrected chi connectivity index (χ2v) is 8.73. The topological polar surface area (TPSA) is 115 Å². The van der Waals surface area contributed by atoms with Crippen molar-refractivity contribution in [3.8, 4) is 22.8 Å². The lowest BCUT2D eigenvalue weighted by Gasteiger charge is -2.38. The van der Waals surface area contributed by atoms with Gasteiger partial charge in [0, 0.05) is 17.4 Å². The number of H-pyrrole nitrogens is 1. The van der Waals surface area contributed by atoms with Crippen molar-refractivity contribution in [1.29, 1.82) is 0 Å². The summed E-state index contributed by atoms with van der Waals surface area (Å²) in [5.41, 5.74) is -0.147. The third kappa shape index (κ3) is 6.02. The predicted octanol–water partition coefficient (Wildman–Crippen LogP) is 4.97. The molecule has 37 heavy (non-hydrogen) atoms. The van der Waals surface area contributed by atoms with Gasteiger partial charge in [-0.1, -0.05) is 0 Å². The van der Waals surface area contributed by atoms with E-state index in [1.54, 1.807) is 32.9 Å². The predicted molar refractivity (Wildman–Crippen MR) is 130 cm³/mol. The summed E-state index contributed by atoms with van der Waals surface area (Å²) in [6, 6.07) is 5.82. The second kappa shape index (κ2) is 10.1. The van der Waals surface area contributed by atoms with Gasteiger partial charge < -0.3 is 29.8 Å². The Morgan fingerprint density at radius 1 is 1.19 bits per heavy atom. The van der Waals surface area contributed by atoms with Gasteiger partial charge in [-0.2, -0.15) is 13.2 Å². The zero-order valence-electron chi connectivity index (χ0n) is 20.3. The highest BCUT2D eigenvalue weighted by molar-refractivity contribution is 6.00. The van der Waals surface area contributed by atoms with Crippen LogP contribution in [0.3, 0.4) is 0 Å².